The molecule has 1 aromatic heterocycles. The van der Waals surface area contributed by atoms with Crippen LogP contribution in [0.25, 0.3) is 0 Å². The molecule has 17 heavy (non-hydrogen) atoms. The van der Waals surface area contributed by atoms with E-state index in [1.807, 2.05) is 0 Å². The molecule has 94 valence electrons. The van der Waals surface area contributed by atoms with E-state index in [2.05, 4.69) is 24.1 Å². The number of nitrogens with zero attached hydrogens (tertiary/aromatic N) is 1. The van der Waals surface area contributed by atoms with E-state index in [1.165, 1.54) is 19.3 Å². The predicted molar refractivity (Wildman–Crippen MR) is 73.8 cm³/mol. The number of nitrogens with one attached hydrogen (secondary N) is 1. The van der Waals surface area contributed by atoms with Gasteiger partial charge in [-0.1, -0.05) is 37.0 Å². The van der Waals surface area contributed by atoms with Crippen LogP contribution in [-0.4, -0.2) is 11.0 Å². The minimum Gasteiger partial charge on any atom is -0.366 e. The molecule has 1 aliphatic rings. The lowest BCUT2D eigenvalue weighted by molar-refractivity contribution is 0.260. The largest absolute Gasteiger partial charge is 0.366 e. The van der Waals surface area contributed by atoms with Crippen molar-refractivity contribution in [3.05, 3.63) is 22.3 Å². The number of hydrogen-bond donors (Lipinski definition) is 1. The Kier molecular flexibility index (Phi) is 4.16. The van der Waals surface area contributed by atoms with Gasteiger partial charge in [-0.3, -0.25) is 0 Å². The summed E-state index contributed by atoms with van der Waals surface area (Å²) in [7, 11) is 0. The van der Waals surface area contributed by atoms with Crippen LogP contribution in [0.1, 0.15) is 33.1 Å². The van der Waals surface area contributed by atoms with Crippen molar-refractivity contribution in [3.63, 3.8) is 0 Å². The molecule has 0 saturated heterocycles. The van der Waals surface area contributed by atoms with E-state index in [9.17, 15) is 0 Å². The van der Waals surface area contributed by atoms with Gasteiger partial charge in [0.15, 0.2) is 0 Å². The molecule has 1 N–H and O–H groups in total. The minimum atomic E-state index is 0.479. The molecule has 2 nitrogen and oxygen atoms in total. The van der Waals surface area contributed by atoms with Gasteiger partial charge in [-0.05, 0) is 37.2 Å². The monoisotopic (exact) mass is 272 g/mol. The zero-order valence-electron chi connectivity index (χ0n) is 10.2. The Labute approximate surface area is 113 Å². The van der Waals surface area contributed by atoms with Crippen molar-refractivity contribution in [3.8, 4) is 0 Å². The van der Waals surface area contributed by atoms with Crippen LogP contribution < -0.4 is 5.32 Å². The Morgan fingerprint density at radius 1 is 1.24 bits per heavy atom. The van der Waals surface area contributed by atoms with Crippen LogP contribution in [0.5, 0.6) is 0 Å². The Morgan fingerprint density at radius 3 is 2.65 bits per heavy atom. The van der Waals surface area contributed by atoms with Crippen molar-refractivity contribution in [2.45, 2.75) is 39.2 Å². The van der Waals surface area contributed by atoms with Gasteiger partial charge in [-0.2, -0.15) is 0 Å². The zero-order valence-corrected chi connectivity index (χ0v) is 11.7. The number of rotatable bonds is 2. The predicted octanol–water partition coefficient (Wildman–Crippen LogP) is 4.63. The lowest BCUT2D eigenvalue weighted by Gasteiger charge is -2.32. The summed E-state index contributed by atoms with van der Waals surface area (Å²) in [6.45, 7) is 4.64. The fraction of sp³-hybridized carbons (Fsp3) is 0.615. The van der Waals surface area contributed by atoms with Crippen LogP contribution in [0, 0.1) is 11.8 Å². The first-order valence-electron chi connectivity index (χ1n) is 6.14. The highest BCUT2D eigenvalue weighted by Crippen LogP contribution is 2.32. The summed E-state index contributed by atoms with van der Waals surface area (Å²) < 4.78 is 0. The van der Waals surface area contributed by atoms with Gasteiger partial charge >= 0.3 is 0 Å². The van der Waals surface area contributed by atoms with Crippen LogP contribution in [0.15, 0.2) is 12.3 Å². The maximum atomic E-state index is 6.10. The molecule has 1 saturated carbocycles. The molecular weight excluding hydrogens is 255 g/mol. The molecule has 0 radical (unpaired) electrons. The van der Waals surface area contributed by atoms with E-state index in [0.29, 0.717) is 16.1 Å². The van der Waals surface area contributed by atoms with Gasteiger partial charge in [0.25, 0.3) is 0 Å². The van der Waals surface area contributed by atoms with Crippen molar-refractivity contribution in [1.29, 1.82) is 0 Å². The van der Waals surface area contributed by atoms with Gasteiger partial charge in [0, 0.05) is 12.2 Å². The second-order valence-corrected chi connectivity index (χ2v) is 5.94. The molecule has 1 aromatic rings. The van der Waals surface area contributed by atoms with Gasteiger partial charge in [0.2, 0.25) is 0 Å². The normalized spacial score (nSPS) is 29.1. The molecule has 2 rings (SSSR count). The fourth-order valence-corrected chi connectivity index (χ4v) is 2.83. The lowest BCUT2D eigenvalue weighted by atomic mass is 9.79. The third kappa shape index (κ3) is 3.26. The summed E-state index contributed by atoms with van der Waals surface area (Å²) in [5.41, 5.74) is 0. The van der Waals surface area contributed by atoms with E-state index < -0.39 is 0 Å². The average Bonchev–Trinajstić information content (AvgIpc) is 2.27. The van der Waals surface area contributed by atoms with E-state index in [0.717, 1.165) is 17.7 Å². The zero-order chi connectivity index (χ0) is 12.4. The van der Waals surface area contributed by atoms with E-state index in [4.69, 9.17) is 23.2 Å². The lowest BCUT2D eigenvalue weighted by Crippen LogP contribution is -2.30. The summed E-state index contributed by atoms with van der Waals surface area (Å²) in [6.07, 6.45) is 5.27. The molecule has 1 heterocycles. The van der Waals surface area contributed by atoms with E-state index in [1.54, 1.807) is 12.3 Å². The van der Waals surface area contributed by atoms with Gasteiger partial charge in [0.05, 0.1) is 10.0 Å². The van der Waals surface area contributed by atoms with E-state index >= 15 is 0 Å². The van der Waals surface area contributed by atoms with Gasteiger partial charge < -0.3 is 5.32 Å². The van der Waals surface area contributed by atoms with Crippen molar-refractivity contribution in [1.82, 2.24) is 4.98 Å². The maximum absolute atomic E-state index is 6.10. The molecule has 0 spiro atoms. The number of anilines is 1. The Hall–Kier alpha value is -0.470. The average molecular weight is 273 g/mol. The highest BCUT2D eigenvalue weighted by molar-refractivity contribution is 6.35. The Morgan fingerprint density at radius 2 is 2.00 bits per heavy atom. The summed E-state index contributed by atoms with van der Waals surface area (Å²) in [5, 5.41) is 4.60. The second-order valence-electron chi connectivity index (χ2n) is 5.09. The number of aromatic nitrogens is 1. The van der Waals surface area contributed by atoms with Crippen molar-refractivity contribution < 1.29 is 0 Å². The van der Waals surface area contributed by atoms with E-state index in [-0.39, 0.29) is 0 Å². The number of hydrogen-bond acceptors (Lipinski definition) is 2. The molecule has 0 aromatic carbocycles. The Balaban J connectivity index is 2.01. The number of pyridine rings is 1. The summed E-state index contributed by atoms with van der Waals surface area (Å²) in [4.78, 5) is 4.24. The van der Waals surface area contributed by atoms with Crippen molar-refractivity contribution >= 4 is 29.0 Å². The quantitative estimate of drug-likeness (QED) is 0.850. The third-order valence-corrected chi connectivity index (χ3v) is 4.24. The van der Waals surface area contributed by atoms with Crippen molar-refractivity contribution in [2.24, 2.45) is 11.8 Å². The fourth-order valence-electron chi connectivity index (χ4n) is 2.39. The first-order chi connectivity index (χ1) is 8.06. The third-order valence-electron chi connectivity index (χ3n) is 3.75. The molecule has 0 bridgehead atoms. The standard InChI is InChI=1S/C13H18Cl2N2/c1-8-3-4-11(5-9(8)2)17-13-12(15)6-10(14)7-16-13/h6-9,11H,3-5H2,1-2H3,(H,16,17). The summed E-state index contributed by atoms with van der Waals surface area (Å²) in [5.74, 6) is 2.33. The molecule has 3 unspecified atom stereocenters. The van der Waals surface area contributed by atoms with Crippen LogP contribution in [0.2, 0.25) is 10.0 Å². The smallest absolute Gasteiger partial charge is 0.145 e. The van der Waals surface area contributed by atoms with Gasteiger partial charge in [-0.15, -0.1) is 0 Å². The van der Waals surface area contributed by atoms with Gasteiger partial charge in [0.1, 0.15) is 5.82 Å². The SMILES string of the molecule is CC1CCC(Nc2ncc(Cl)cc2Cl)CC1C. The van der Waals surface area contributed by atoms with Crippen LogP contribution in [0.3, 0.4) is 0 Å². The van der Waals surface area contributed by atoms with Crippen LogP contribution in [-0.2, 0) is 0 Å². The Bertz CT molecular complexity index is 395. The highest BCUT2D eigenvalue weighted by atomic mass is 35.5. The first-order valence-corrected chi connectivity index (χ1v) is 6.89. The summed E-state index contributed by atoms with van der Waals surface area (Å²) in [6, 6.07) is 2.21. The molecule has 0 aliphatic heterocycles. The molecule has 1 aliphatic carbocycles. The molecule has 0 amide bonds. The molecular formula is C13H18Cl2N2. The molecule has 4 heteroatoms. The van der Waals surface area contributed by atoms with Crippen molar-refractivity contribution in [2.75, 3.05) is 5.32 Å². The van der Waals surface area contributed by atoms with Crippen LogP contribution in [0.4, 0.5) is 5.82 Å². The minimum absolute atomic E-state index is 0.479. The highest BCUT2D eigenvalue weighted by Gasteiger charge is 2.24. The summed E-state index contributed by atoms with van der Waals surface area (Å²) >= 11 is 11.9. The van der Waals surface area contributed by atoms with Gasteiger partial charge in [-0.25, -0.2) is 4.98 Å². The first kappa shape index (κ1) is 13.0. The topological polar surface area (TPSA) is 24.9 Å². The second kappa shape index (κ2) is 5.45. The molecule has 3 atom stereocenters. The van der Waals surface area contributed by atoms with Crippen LogP contribution >= 0.6 is 23.2 Å². The number of halogens is 2. The maximum Gasteiger partial charge on any atom is 0.145 e. The molecule has 1 fully saturated rings.